The number of carbonyl (C=O) groups excluding carboxylic acids is 1. The van der Waals surface area contributed by atoms with Gasteiger partial charge in [-0.3, -0.25) is 4.79 Å². The number of carbonyl (C=O) groups is 1. The van der Waals surface area contributed by atoms with Crippen LogP contribution in [0.25, 0.3) is 0 Å². The maximum absolute atomic E-state index is 12.4. The molecule has 3 heteroatoms. The van der Waals surface area contributed by atoms with Gasteiger partial charge >= 0.3 is 0 Å². The molecule has 0 aromatic carbocycles. The van der Waals surface area contributed by atoms with E-state index in [0.29, 0.717) is 42.4 Å². The lowest BCUT2D eigenvalue weighted by molar-refractivity contribution is -0.131. The lowest BCUT2D eigenvalue weighted by atomic mass is 9.69. The Hall–Kier alpha value is -1.30. The molecule has 0 saturated carbocycles. The van der Waals surface area contributed by atoms with Crippen LogP contribution in [0.2, 0.25) is 0 Å². The number of nitriles is 1. The first-order valence-electron chi connectivity index (χ1n) is 8.36. The molecule has 1 aliphatic heterocycles. The van der Waals surface area contributed by atoms with Crippen LogP contribution in [0, 0.1) is 35.0 Å². The minimum atomic E-state index is 0.325. The first-order chi connectivity index (χ1) is 10.0. The molecule has 116 valence electrons. The monoisotopic (exact) mass is 288 g/mol. The normalized spacial score (nSPS) is 29.4. The van der Waals surface area contributed by atoms with Crippen molar-refractivity contribution in [3.63, 3.8) is 0 Å². The average molecular weight is 288 g/mol. The number of nitrogens with zero attached hydrogens (tertiary/aromatic N) is 2. The number of amides is 1. The molecule has 1 fully saturated rings. The summed E-state index contributed by atoms with van der Waals surface area (Å²) in [5.41, 5.74) is 1.32. The third-order valence-electron chi connectivity index (χ3n) is 5.29. The molecule has 0 spiro atoms. The zero-order valence-corrected chi connectivity index (χ0v) is 13.6. The summed E-state index contributed by atoms with van der Waals surface area (Å²) in [5.74, 6) is 2.17. The first kappa shape index (κ1) is 16.1. The number of likely N-dealkylation sites (tertiary alicyclic amines) is 1. The quantitative estimate of drug-likeness (QED) is 0.739. The van der Waals surface area contributed by atoms with E-state index in [-0.39, 0.29) is 0 Å². The second-order valence-corrected chi connectivity index (χ2v) is 7.07. The lowest BCUT2D eigenvalue weighted by Crippen LogP contribution is -2.33. The van der Waals surface area contributed by atoms with Crippen LogP contribution < -0.4 is 0 Å². The van der Waals surface area contributed by atoms with Gasteiger partial charge in [0, 0.05) is 25.9 Å². The molecule has 1 amide bonds. The first-order valence-corrected chi connectivity index (χ1v) is 8.36. The van der Waals surface area contributed by atoms with E-state index in [2.05, 4.69) is 32.9 Å². The van der Waals surface area contributed by atoms with Gasteiger partial charge in [0.05, 0.1) is 6.07 Å². The van der Waals surface area contributed by atoms with Crippen molar-refractivity contribution in [2.45, 2.75) is 52.9 Å². The van der Waals surface area contributed by atoms with Crippen LogP contribution in [0.1, 0.15) is 52.9 Å². The van der Waals surface area contributed by atoms with Crippen LogP contribution in [-0.2, 0) is 4.79 Å². The molecule has 0 aromatic heterocycles. The second-order valence-electron chi connectivity index (χ2n) is 7.07. The van der Waals surface area contributed by atoms with Gasteiger partial charge in [-0.05, 0) is 49.9 Å². The summed E-state index contributed by atoms with van der Waals surface area (Å²) >= 11 is 0. The van der Waals surface area contributed by atoms with Crippen molar-refractivity contribution in [3.8, 4) is 6.07 Å². The van der Waals surface area contributed by atoms with Crippen molar-refractivity contribution in [1.29, 1.82) is 5.26 Å². The number of hydrogen-bond acceptors (Lipinski definition) is 2. The van der Waals surface area contributed by atoms with E-state index in [1.165, 1.54) is 5.57 Å². The van der Waals surface area contributed by atoms with Gasteiger partial charge in [-0.1, -0.05) is 25.5 Å². The molecule has 3 atom stereocenters. The standard InChI is InChI=1S/C18H28N2O/c1-13(2)17-11-16(14(3)10-15(17)6-7-19)12-18(21)20-8-4-5-9-20/h10,13,15-17H,4-6,8-9,11-12H2,1-3H3/t15-,16+,17+/m1/s1. The molecular formula is C18H28N2O. The van der Waals surface area contributed by atoms with E-state index in [9.17, 15) is 4.79 Å². The Morgan fingerprint density at radius 3 is 2.67 bits per heavy atom. The van der Waals surface area contributed by atoms with E-state index < -0.39 is 0 Å². The Bertz CT molecular complexity index is 441. The summed E-state index contributed by atoms with van der Waals surface area (Å²) in [4.78, 5) is 14.4. The Morgan fingerprint density at radius 1 is 1.43 bits per heavy atom. The van der Waals surface area contributed by atoms with Crippen LogP contribution in [0.5, 0.6) is 0 Å². The predicted molar refractivity (Wildman–Crippen MR) is 84.3 cm³/mol. The topological polar surface area (TPSA) is 44.1 Å². The van der Waals surface area contributed by atoms with Crippen LogP contribution >= 0.6 is 0 Å². The molecule has 3 nitrogen and oxygen atoms in total. The zero-order valence-electron chi connectivity index (χ0n) is 13.6. The molecule has 1 heterocycles. The maximum atomic E-state index is 12.4. The SMILES string of the molecule is CC1=C[C@@H](CC#N)[C@H](C(C)C)C[C@H]1CC(=O)N1CCCC1. The Morgan fingerprint density at radius 2 is 2.10 bits per heavy atom. The van der Waals surface area contributed by atoms with Gasteiger partial charge in [-0.25, -0.2) is 0 Å². The minimum Gasteiger partial charge on any atom is -0.343 e. The summed E-state index contributed by atoms with van der Waals surface area (Å²) in [7, 11) is 0. The van der Waals surface area contributed by atoms with E-state index in [4.69, 9.17) is 5.26 Å². The summed E-state index contributed by atoms with van der Waals surface area (Å²) in [6, 6.07) is 2.32. The van der Waals surface area contributed by atoms with Crippen molar-refractivity contribution in [2.75, 3.05) is 13.1 Å². The second kappa shape index (κ2) is 7.11. The van der Waals surface area contributed by atoms with Gasteiger partial charge in [0.2, 0.25) is 5.91 Å². The highest BCUT2D eigenvalue weighted by Crippen LogP contribution is 2.40. The van der Waals surface area contributed by atoms with Crippen molar-refractivity contribution in [2.24, 2.45) is 23.7 Å². The Balaban J connectivity index is 2.04. The van der Waals surface area contributed by atoms with Gasteiger partial charge in [0.25, 0.3) is 0 Å². The Labute approximate surface area is 129 Å². The van der Waals surface area contributed by atoms with Gasteiger partial charge in [-0.2, -0.15) is 5.26 Å². The third-order valence-corrected chi connectivity index (χ3v) is 5.29. The zero-order chi connectivity index (χ0) is 15.4. The molecule has 2 rings (SSSR count). The molecule has 0 unspecified atom stereocenters. The number of allylic oxidation sites excluding steroid dienone is 2. The summed E-state index contributed by atoms with van der Waals surface area (Å²) in [5, 5.41) is 9.02. The minimum absolute atomic E-state index is 0.325. The van der Waals surface area contributed by atoms with Crippen molar-refractivity contribution in [1.82, 2.24) is 4.90 Å². The molecule has 0 radical (unpaired) electrons. The van der Waals surface area contributed by atoms with E-state index in [0.717, 1.165) is 32.4 Å². The summed E-state index contributed by atoms with van der Waals surface area (Å²) in [6.07, 6.45) is 6.91. The molecular weight excluding hydrogens is 260 g/mol. The van der Waals surface area contributed by atoms with Crippen molar-refractivity contribution < 1.29 is 4.79 Å². The van der Waals surface area contributed by atoms with Crippen LogP contribution in [0.4, 0.5) is 0 Å². The van der Waals surface area contributed by atoms with Gasteiger partial charge in [0.15, 0.2) is 0 Å². The molecule has 2 aliphatic rings. The predicted octanol–water partition coefficient (Wildman–Crippen LogP) is 3.77. The number of rotatable bonds is 4. The summed E-state index contributed by atoms with van der Waals surface area (Å²) < 4.78 is 0. The largest absolute Gasteiger partial charge is 0.343 e. The van der Waals surface area contributed by atoms with Gasteiger partial charge < -0.3 is 4.90 Å². The molecule has 0 N–H and O–H groups in total. The molecule has 21 heavy (non-hydrogen) atoms. The van der Waals surface area contributed by atoms with Crippen molar-refractivity contribution in [3.05, 3.63) is 11.6 Å². The van der Waals surface area contributed by atoms with Crippen LogP contribution in [0.3, 0.4) is 0 Å². The lowest BCUT2D eigenvalue weighted by Gasteiger charge is -2.36. The summed E-state index contributed by atoms with van der Waals surface area (Å²) in [6.45, 7) is 8.51. The van der Waals surface area contributed by atoms with E-state index in [1.54, 1.807) is 0 Å². The highest BCUT2D eigenvalue weighted by atomic mass is 16.2. The Kier molecular flexibility index (Phi) is 5.45. The third kappa shape index (κ3) is 3.87. The van der Waals surface area contributed by atoms with Crippen LogP contribution in [0.15, 0.2) is 11.6 Å². The average Bonchev–Trinajstić information content (AvgIpc) is 2.95. The van der Waals surface area contributed by atoms with Gasteiger partial charge in [-0.15, -0.1) is 0 Å². The molecule has 0 bridgehead atoms. The van der Waals surface area contributed by atoms with E-state index in [1.807, 2.05) is 4.90 Å². The smallest absolute Gasteiger partial charge is 0.223 e. The van der Waals surface area contributed by atoms with Crippen molar-refractivity contribution >= 4 is 5.91 Å². The molecule has 1 aliphatic carbocycles. The number of hydrogen-bond donors (Lipinski definition) is 0. The van der Waals surface area contributed by atoms with Gasteiger partial charge in [0.1, 0.15) is 0 Å². The maximum Gasteiger partial charge on any atom is 0.223 e. The molecule has 1 saturated heterocycles. The fourth-order valence-electron chi connectivity index (χ4n) is 3.92. The fourth-order valence-corrected chi connectivity index (χ4v) is 3.92. The highest BCUT2D eigenvalue weighted by Gasteiger charge is 2.33. The van der Waals surface area contributed by atoms with Crippen LogP contribution in [-0.4, -0.2) is 23.9 Å². The fraction of sp³-hybridized carbons (Fsp3) is 0.778. The van der Waals surface area contributed by atoms with E-state index >= 15 is 0 Å². The highest BCUT2D eigenvalue weighted by molar-refractivity contribution is 5.77. The molecule has 0 aromatic rings.